The molecule has 0 unspecified atom stereocenters. The Morgan fingerprint density at radius 1 is 1.47 bits per heavy atom. The van der Waals surface area contributed by atoms with E-state index in [1.165, 1.54) is 11.3 Å². The molecule has 0 atom stereocenters. The molecule has 1 aromatic rings. The minimum absolute atomic E-state index is 0.298. The average Bonchev–Trinajstić information content (AvgIpc) is 2.71. The van der Waals surface area contributed by atoms with E-state index >= 15 is 0 Å². The Morgan fingerprint density at radius 3 is 2.58 bits per heavy atom. The van der Waals surface area contributed by atoms with Crippen molar-refractivity contribution in [2.45, 2.75) is 44.6 Å². The van der Waals surface area contributed by atoms with Crippen molar-refractivity contribution in [2.75, 3.05) is 5.32 Å². The highest BCUT2D eigenvalue weighted by atomic mass is 32.1. The number of carboxylic acid groups (broad SMARTS) is 1. The maximum atomic E-state index is 11.8. The Morgan fingerprint density at radius 2 is 2.16 bits per heavy atom. The van der Waals surface area contributed by atoms with E-state index in [0.717, 1.165) is 12.1 Å². The Hall–Kier alpha value is -1.63. The number of urea groups is 1. The van der Waals surface area contributed by atoms with Crippen LogP contribution in [0.2, 0.25) is 0 Å². The van der Waals surface area contributed by atoms with E-state index in [-0.39, 0.29) is 0 Å². The van der Waals surface area contributed by atoms with Crippen LogP contribution < -0.4 is 10.6 Å². The van der Waals surface area contributed by atoms with Crippen molar-refractivity contribution in [3.63, 3.8) is 0 Å². The molecule has 7 heteroatoms. The van der Waals surface area contributed by atoms with Crippen LogP contribution in [0.4, 0.5) is 9.93 Å². The predicted octanol–water partition coefficient (Wildman–Crippen LogP) is 2.40. The normalized spacial score (nSPS) is 16.8. The standard InChI is InChI=1S/C12H17N3O3S/c1-7(2)8-6-19-11(13-8)14-10(18)15-12(9(16)17)4-3-5-12/h6-7H,3-5H2,1-2H3,(H,16,17)(H2,13,14,15,18). The SMILES string of the molecule is CC(C)c1csc(NC(=O)NC2(C(=O)O)CCC2)n1. The minimum Gasteiger partial charge on any atom is -0.480 e. The number of carboxylic acids is 1. The lowest BCUT2D eigenvalue weighted by atomic mass is 9.77. The van der Waals surface area contributed by atoms with Gasteiger partial charge in [0.05, 0.1) is 5.69 Å². The van der Waals surface area contributed by atoms with Gasteiger partial charge in [0.15, 0.2) is 5.13 Å². The van der Waals surface area contributed by atoms with Crippen molar-refractivity contribution in [3.8, 4) is 0 Å². The van der Waals surface area contributed by atoms with Gasteiger partial charge >= 0.3 is 12.0 Å². The van der Waals surface area contributed by atoms with Gasteiger partial charge in [0.25, 0.3) is 0 Å². The smallest absolute Gasteiger partial charge is 0.329 e. The summed E-state index contributed by atoms with van der Waals surface area (Å²) in [6.07, 6.45) is 1.77. The molecule has 1 heterocycles. The highest BCUT2D eigenvalue weighted by molar-refractivity contribution is 7.13. The summed E-state index contributed by atoms with van der Waals surface area (Å²) in [5, 5.41) is 16.6. The number of rotatable bonds is 4. The van der Waals surface area contributed by atoms with Gasteiger partial charge in [-0.2, -0.15) is 0 Å². The number of carbonyl (C=O) groups excluding carboxylic acids is 1. The molecule has 1 aliphatic rings. The third-order valence-corrected chi connectivity index (χ3v) is 4.08. The summed E-state index contributed by atoms with van der Waals surface area (Å²) < 4.78 is 0. The van der Waals surface area contributed by atoms with Crippen LogP contribution in [0.5, 0.6) is 0 Å². The number of aromatic nitrogens is 1. The third kappa shape index (κ3) is 2.86. The Bertz CT molecular complexity index is 494. The van der Waals surface area contributed by atoms with Gasteiger partial charge in [-0.15, -0.1) is 11.3 Å². The maximum Gasteiger partial charge on any atom is 0.329 e. The van der Waals surface area contributed by atoms with Crippen LogP contribution in [-0.2, 0) is 4.79 Å². The Kier molecular flexibility index (Phi) is 3.75. The number of amides is 2. The van der Waals surface area contributed by atoms with Crippen LogP contribution in [0.25, 0.3) is 0 Å². The van der Waals surface area contributed by atoms with Crippen molar-refractivity contribution in [3.05, 3.63) is 11.1 Å². The van der Waals surface area contributed by atoms with Gasteiger partial charge in [0.1, 0.15) is 5.54 Å². The molecule has 0 aliphatic heterocycles. The van der Waals surface area contributed by atoms with Crippen LogP contribution in [0, 0.1) is 0 Å². The molecule has 0 bridgehead atoms. The first-order valence-corrected chi connectivity index (χ1v) is 7.09. The van der Waals surface area contributed by atoms with E-state index < -0.39 is 17.5 Å². The molecule has 3 N–H and O–H groups in total. The molecule has 19 heavy (non-hydrogen) atoms. The number of aliphatic carboxylic acids is 1. The summed E-state index contributed by atoms with van der Waals surface area (Å²) in [6, 6.07) is -0.508. The van der Waals surface area contributed by atoms with Crippen molar-refractivity contribution in [2.24, 2.45) is 0 Å². The molecule has 104 valence electrons. The molecule has 1 fully saturated rings. The molecule has 2 amide bonds. The molecule has 1 aromatic heterocycles. The fourth-order valence-electron chi connectivity index (χ4n) is 1.88. The lowest BCUT2D eigenvalue weighted by molar-refractivity contribution is -0.148. The lowest BCUT2D eigenvalue weighted by Gasteiger charge is -2.37. The number of thiazole rings is 1. The van der Waals surface area contributed by atoms with E-state index in [1.807, 2.05) is 19.2 Å². The van der Waals surface area contributed by atoms with E-state index in [9.17, 15) is 9.59 Å². The van der Waals surface area contributed by atoms with Gasteiger partial charge < -0.3 is 10.4 Å². The summed E-state index contributed by atoms with van der Waals surface area (Å²) in [5.41, 5.74) is -0.181. The number of hydrogen-bond donors (Lipinski definition) is 3. The number of carbonyl (C=O) groups is 2. The molecule has 0 saturated heterocycles. The van der Waals surface area contributed by atoms with Crippen LogP contribution in [0.3, 0.4) is 0 Å². The van der Waals surface area contributed by atoms with E-state index in [0.29, 0.717) is 23.9 Å². The monoisotopic (exact) mass is 283 g/mol. The molecule has 0 radical (unpaired) electrons. The highest BCUT2D eigenvalue weighted by Gasteiger charge is 2.45. The molecule has 1 saturated carbocycles. The second kappa shape index (κ2) is 5.16. The zero-order valence-electron chi connectivity index (χ0n) is 10.9. The zero-order chi connectivity index (χ0) is 14.0. The topological polar surface area (TPSA) is 91.3 Å². The van der Waals surface area contributed by atoms with Gasteiger partial charge in [0.2, 0.25) is 0 Å². The maximum absolute atomic E-state index is 11.8. The fraction of sp³-hybridized carbons (Fsp3) is 0.583. The van der Waals surface area contributed by atoms with Gasteiger partial charge in [-0.3, -0.25) is 5.32 Å². The summed E-state index contributed by atoms with van der Waals surface area (Å²) >= 11 is 1.34. The number of nitrogens with one attached hydrogen (secondary N) is 2. The molecule has 0 spiro atoms. The first-order valence-electron chi connectivity index (χ1n) is 6.21. The van der Waals surface area contributed by atoms with E-state index in [1.54, 1.807) is 0 Å². The third-order valence-electron chi connectivity index (χ3n) is 3.30. The van der Waals surface area contributed by atoms with Crippen molar-refractivity contribution >= 4 is 28.5 Å². The second-order valence-electron chi connectivity index (χ2n) is 5.05. The minimum atomic E-state index is -1.10. The van der Waals surface area contributed by atoms with Gasteiger partial charge in [-0.1, -0.05) is 13.8 Å². The fourth-order valence-corrected chi connectivity index (χ4v) is 2.74. The first-order chi connectivity index (χ1) is 8.93. The average molecular weight is 283 g/mol. The van der Waals surface area contributed by atoms with Gasteiger partial charge in [-0.25, -0.2) is 14.6 Å². The Balaban J connectivity index is 1.95. The van der Waals surface area contributed by atoms with Crippen LogP contribution in [0.1, 0.15) is 44.7 Å². The largest absolute Gasteiger partial charge is 0.480 e. The highest BCUT2D eigenvalue weighted by Crippen LogP contribution is 2.32. The molecule has 6 nitrogen and oxygen atoms in total. The molecule has 2 rings (SSSR count). The predicted molar refractivity (Wildman–Crippen MR) is 72.6 cm³/mol. The molecule has 1 aliphatic carbocycles. The van der Waals surface area contributed by atoms with Crippen LogP contribution in [0.15, 0.2) is 5.38 Å². The Labute approximate surface area is 115 Å². The first kappa shape index (κ1) is 13.8. The number of nitrogens with zero attached hydrogens (tertiary/aromatic N) is 1. The lowest BCUT2D eigenvalue weighted by Crippen LogP contribution is -2.60. The van der Waals surface area contributed by atoms with E-state index in [4.69, 9.17) is 5.11 Å². The second-order valence-corrected chi connectivity index (χ2v) is 5.91. The number of anilines is 1. The summed E-state index contributed by atoms with van der Waals surface area (Å²) in [7, 11) is 0. The van der Waals surface area contributed by atoms with Gasteiger partial charge in [0, 0.05) is 5.38 Å². The van der Waals surface area contributed by atoms with Crippen LogP contribution in [-0.4, -0.2) is 27.6 Å². The molecule has 0 aromatic carbocycles. The van der Waals surface area contributed by atoms with Crippen molar-refractivity contribution in [1.29, 1.82) is 0 Å². The summed E-state index contributed by atoms with van der Waals surface area (Å²) in [4.78, 5) is 27.2. The summed E-state index contributed by atoms with van der Waals surface area (Å²) in [5.74, 6) is -0.678. The van der Waals surface area contributed by atoms with Gasteiger partial charge in [-0.05, 0) is 25.2 Å². The van der Waals surface area contributed by atoms with E-state index in [2.05, 4.69) is 15.6 Å². The van der Waals surface area contributed by atoms with Crippen LogP contribution >= 0.6 is 11.3 Å². The quantitative estimate of drug-likeness (QED) is 0.791. The number of hydrogen-bond acceptors (Lipinski definition) is 4. The molecular formula is C12H17N3O3S. The van der Waals surface area contributed by atoms with Crippen molar-refractivity contribution < 1.29 is 14.7 Å². The summed E-state index contributed by atoms with van der Waals surface area (Å²) in [6.45, 7) is 4.04. The van der Waals surface area contributed by atoms with Crippen molar-refractivity contribution in [1.82, 2.24) is 10.3 Å². The molecular weight excluding hydrogens is 266 g/mol. The zero-order valence-corrected chi connectivity index (χ0v) is 11.7.